The van der Waals surface area contributed by atoms with Crippen LogP contribution in [-0.2, 0) is 4.74 Å². The summed E-state index contributed by atoms with van der Waals surface area (Å²) in [6.45, 7) is 2.11. The van der Waals surface area contributed by atoms with Crippen molar-refractivity contribution in [3.05, 3.63) is 29.6 Å². The molecule has 5 heteroatoms. The van der Waals surface area contributed by atoms with Crippen LogP contribution in [0.25, 0.3) is 0 Å². The lowest BCUT2D eigenvalue weighted by molar-refractivity contribution is 0.0539. The number of rotatable bonds is 7. The number of hydrogen-bond acceptors (Lipinski definition) is 4. The Morgan fingerprint density at radius 2 is 2.30 bits per heavy atom. The van der Waals surface area contributed by atoms with E-state index in [1.807, 2.05) is 6.07 Å². The summed E-state index contributed by atoms with van der Waals surface area (Å²) < 4.78 is 5.55. The molecule has 2 atom stereocenters. The number of ether oxygens (including phenoxy) is 1. The van der Waals surface area contributed by atoms with E-state index in [9.17, 15) is 4.79 Å². The molecule has 0 saturated carbocycles. The first-order valence-corrected chi connectivity index (χ1v) is 6.57. The zero-order chi connectivity index (χ0) is 15.0. The first-order chi connectivity index (χ1) is 9.60. The number of unbranched alkanes of at least 4 members (excludes halogenated alkanes) is 1. The molecular weight excluding hydrogens is 254 g/mol. The van der Waals surface area contributed by atoms with Crippen LogP contribution >= 0.6 is 0 Å². The Balaban J connectivity index is 2.75. The molecule has 0 aromatic carbocycles. The summed E-state index contributed by atoms with van der Waals surface area (Å²) in [5.41, 5.74) is 11.5. The van der Waals surface area contributed by atoms with E-state index in [1.54, 1.807) is 19.4 Å². The molecule has 5 nitrogen and oxygen atoms in total. The summed E-state index contributed by atoms with van der Waals surface area (Å²) in [5.74, 6) is 2.60. The molecule has 0 aliphatic heterocycles. The fourth-order valence-electron chi connectivity index (χ4n) is 2.19. The Morgan fingerprint density at radius 3 is 2.90 bits per heavy atom. The van der Waals surface area contributed by atoms with Gasteiger partial charge in [-0.25, -0.2) is 0 Å². The lowest BCUT2D eigenvalue weighted by Gasteiger charge is -2.23. The second-order valence-electron chi connectivity index (χ2n) is 4.69. The predicted molar refractivity (Wildman–Crippen MR) is 77.5 cm³/mol. The van der Waals surface area contributed by atoms with Gasteiger partial charge in [-0.05, 0) is 36.5 Å². The summed E-state index contributed by atoms with van der Waals surface area (Å²) in [5, 5.41) is 0. The Kier molecular flexibility index (Phi) is 6.54. The summed E-state index contributed by atoms with van der Waals surface area (Å²) in [6, 6.07) is 5.93. The molecule has 0 aliphatic rings. The van der Waals surface area contributed by atoms with Crippen molar-refractivity contribution in [2.75, 3.05) is 7.11 Å². The highest BCUT2D eigenvalue weighted by molar-refractivity contribution is 5.90. The van der Waals surface area contributed by atoms with Crippen molar-refractivity contribution < 1.29 is 9.53 Å². The number of methoxy groups -OCH3 is 1. The quantitative estimate of drug-likeness (QED) is 0.449. The van der Waals surface area contributed by atoms with E-state index in [1.165, 1.54) is 0 Å². The number of primary amides is 1. The summed E-state index contributed by atoms with van der Waals surface area (Å²) in [7, 11) is 1.66. The van der Waals surface area contributed by atoms with Crippen LogP contribution in [-0.4, -0.2) is 18.0 Å². The number of hydrogen-bond donors (Lipinski definition) is 2. The van der Waals surface area contributed by atoms with Crippen LogP contribution in [0.4, 0.5) is 0 Å². The summed E-state index contributed by atoms with van der Waals surface area (Å²) in [4.78, 5) is 15.1. The topological polar surface area (TPSA) is 91.2 Å². The van der Waals surface area contributed by atoms with E-state index >= 15 is 0 Å². The van der Waals surface area contributed by atoms with Crippen molar-refractivity contribution in [3.63, 3.8) is 0 Å². The van der Waals surface area contributed by atoms with Gasteiger partial charge in [-0.2, -0.15) is 0 Å². The highest BCUT2D eigenvalue weighted by atomic mass is 16.5. The number of pyridine rings is 1. The first kappa shape index (κ1) is 16.0. The largest absolute Gasteiger partial charge is 0.376 e. The smallest absolute Gasteiger partial charge is 0.267 e. The second kappa shape index (κ2) is 8.18. The van der Waals surface area contributed by atoms with E-state index in [0.717, 1.165) is 24.8 Å². The molecule has 1 amide bonds. The number of aromatic nitrogens is 1. The van der Waals surface area contributed by atoms with Crippen LogP contribution in [0.2, 0.25) is 0 Å². The van der Waals surface area contributed by atoms with E-state index in [0.29, 0.717) is 5.92 Å². The van der Waals surface area contributed by atoms with Crippen molar-refractivity contribution in [2.45, 2.75) is 32.3 Å². The molecule has 0 fully saturated rings. The van der Waals surface area contributed by atoms with Crippen molar-refractivity contribution in [1.82, 2.24) is 4.98 Å². The van der Waals surface area contributed by atoms with Gasteiger partial charge in [0.15, 0.2) is 0 Å². The van der Waals surface area contributed by atoms with Gasteiger partial charge in [0.2, 0.25) is 0 Å². The molecular formula is C15H21N3O2. The second-order valence-corrected chi connectivity index (χ2v) is 4.69. The molecule has 0 saturated heterocycles. The molecule has 1 rings (SSSR count). The monoisotopic (exact) mass is 275 g/mol. The van der Waals surface area contributed by atoms with Crippen LogP contribution in [0.3, 0.4) is 0 Å². The number of carbonyl (C=O) groups is 1. The zero-order valence-corrected chi connectivity index (χ0v) is 11.9. The van der Waals surface area contributed by atoms with Crippen molar-refractivity contribution in [2.24, 2.45) is 17.4 Å². The van der Waals surface area contributed by atoms with Gasteiger partial charge in [0.05, 0.1) is 6.10 Å². The van der Waals surface area contributed by atoms with E-state index < -0.39 is 5.91 Å². The first-order valence-electron chi connectivity index (χ1n) is 6.57. The number of carbonyl (C=O) groups excluding carboxylic acids is 1. The molecule has 1 heterocycles. The molecule has 0 bridgehead atoms. The molecule has 0 aliphatic carbocycles. The minimum Gasteiger partial charge on any atom is -0.376 e. The van der Waals surface area contributed by atoms with Crippen molar-refractivity contribution in [1.29, 1.82) is 0 Å². The van der Waals surface area contributed by atoms with Crippen molar-refractivity contribution in [3.8, 4) is 12.0 Å². The van der Waals surface area contributed by atoms with Gasteiger partial charge < -0.3 is 16.2 Å². The molecule has 0 radical (unpaired) electrons. The Hall–Kier alpha value is -2.06. The van der Waals surface area contributed by atoms with Crippen LogP contribution in [0.15, 0.2) is 18.3 Å². The minimum atomic E-state index is -0.535. The van der Waals surface area contributed by atoms with Gasteiger partial charge in [0, 0.05) is 25.8 Å². The predicted octanol–water partition coefficient (Wildman–Crippen LogP) is 1.59. The maximum atomic E-state index is 11.2. The van der Waals surface area contributed by atoms with Gasteiger partial charge >= 0.3 is 0 Å². The normalized spacial score (nSPS) is 13.1. The van der Waals surface area contributed by atoms with Crippen LogP contribution in [0.5, 0.6) is 0 Å². The van der Waals surface area contributed by atoms with E-state index in [-0.39, 0.29) is 11.8 Å². The summed E-state index contributed by atoms with van der Waals surface area (Å²) in [6.07, 6.45) is 4.18. The molecule has 0 spiro atoms. The molecule has 1 aromatic rings. The highest BCUT2D eigenvalue weighted by Gasteiger charge is 2.19. The SMILES string of the molecule is COC(c1ccnc(C(N)=O)c1)C(C)CCCC#CN. The Bertz CT molecular complexity index is 505. The van der Waals surface area contributed by atoms with Crippen LogP contribution in [0, 0.1) is 17.9 Å². The lowest BCUT2D eigenvalue weighted by atomic mass is 9.92. The number of nitrogens with two attached hydrogens (primary N) is 2. The van der Waals surface area contributed by atoms with Gasteiger partial charge in [-0.3, -0.25) is 9.78 Å². The minimum absolute atomic E-state index is 0.0954. The third-order valence-electron chi connectivity index (χ3n) is 3.20. The standard InChI is InChI=1S/C15H21N3O2/c1-11(6-4-3-5-8-16)14(20-2)12-7-9-18-13(10-12)15(17)19/h7,9-11,14H,3-4,6,16H2,1-2H3,(H2,17,19). The Morgan fingerprint density at radius 1 is 1.55 bits per heavy atom. The molecule has 2 unspecified atom stereocenters. The van der Waals surface area contributed by atoms with Gasteiger partial charge in [0.1, 0.15) is 5.69 Å². The summed E-state index contributed by atoms with van der Waals surface area (Å²) >= 11 is 0. The van der Waals surface area contributed by atoms with Gasteiger partial charge in [-0.1, -0.05) is 12.8 Å². The zero-order valence-electron chi connectivity index (χ0n) is 11.9. The average molecular weight is 275 g/mol. The van der Waals surface area contributed by atoms with Crippen LogP contribution < -0.4 is 11.5 Å². The molecule has 108 valence electrons. The molecule has 20 heavy (non-hydrogen) atoms. The third-order valence-corrected chi connectivity index (χ3v) is 3.20. The maximum Gasteiger partial charge on any atom is 0.267 e. The fourth-order valence-corrected chi connectivity index (χ4v) is 2.19. The number of nitrogens with zero attached hydrogens (tertiary/aromatic N) is 1. The van der Waals surface area contributed by atoms with E-state index in [4.69, 9.17) is 16.2 Å². The van der Waals surface area contributed by atoms with E-state index in [2.05, 4.69) is 23.9 Å². The Labute approximate surface area is 119 Å². The van der Waals surface area contributed by atoms with Crippen molar-refractivity contribution >= 4 is 5.91 Å². The fraction of sp³-hybridized carbons (Fsp3) is 0.467. The van der Waals surface area contributed by atoms with Gasteiger partial charge in [-0.15, -0.1) is 0 Å². The molecule has 4 N–H and O–H groups in total. The lowest BCUT2D eigenvalue weighted by Crippen LogP contribution is -2.16. The average Bonchev–Trinajstić information content (AvgIpc) is 2.45. The third kappa shape index (κ3) is 4.56. The van der Waals surface area contributed by atoms with Gasteiger partial charge in [0.25, 0.3) is 5.91 Å². The molecule has 1 aromatic heterocycles. The maximum absolute atomic E-state index is 11.2. The highest BCUT2D eigenvalue weighted by Crippen LogP contribution is 2.29. The number of amides is 1. The van der Waals surface area contributed by atoms with Crippen LogP contribution in [0.1, 0.15) is 48.3 Å².